The van der Waals surface area contributed by atoms with Crippen LogP contribution in [0.5, 0.6) is 0 Å². The number of aromatic amines is 1. The molecule has 2 heterocycles. The summed E-state index contributed by atoms with van der Waals surface area (Å²) in [7, 11) is 0. The lowest BCUT2D eigenvalue weighted by Gasteiger charge is -2.14. The van der Waals surface area contributed by atoms with Crippen LogP contribution in [0.4, 0.5) is 5.69 Å². The first-order valence-corrected chi connectivity index (χ1v) is 5.66. The third-order valence-corrected chi connectivity index (χ3v) is 2.76. The minimum absolute atomic E-state index is 0.110. The van der Waals surface area contributed by atoms with Crippen molar-refractivity contribution in [3.63, 3.8) is 0 Å². The van der Waals surface area contributed by atoms with Crippen molar-refractivity contribution < 1.29 is 9.72 Å². The van der Waals surface area contributed by atoms with E-state index in [0.717, 1.165) is 19.5 Å². The van der Waals surface area contributed by atoms with E-state index in [1.165, 1.54) is 17.8 Å². The Hall–Kier alpha value is -2.15. The number of hydrogen-bond donors (Lipinski definition) is 3. The summed E-state index contributed by atoms with van der Waals surface area (Å²) in [5, 5.41) is 16.4. The molecular formula is C11H14N4O3. The average Bonchev–Trinajstić information content (AvgIpc) is 2.87. The smallest absolute Gasteiger partial charge is 0.287 e. The molecule has 0 bridgehead atoms. The fourth-order valence-electron chi connectivity index (χ4n) is 1.74. The van der Waals surface area contributed by atoms with Crippen LogP contribution in [0.1, 0.15) is 16.9 Å². The summed E-state index contributed by atoms with van der Waals surface area (Å²) >= 11 is 0. The highest BCUT2D eigenvalue weighted by molar-refractivity contribution is 5.93. The van der Waals surface area contributed by atoms with E-state index in [2.05, 4.69) is 15.6 Å². The second-order valence-electron chi connectivity index (χ2n) is 4.03. The van der Waals surface area contributed by atoms with Crippen LogP contribution in [0.3, 0.4) is 0 Å². The summed E-state index contributed by atoms with van der Waals surface area (Å²) < 4.78 is 0. The van der Waals surface area contributed by atoms with Crippen LogP contribution >= 0.6 is 0 Å². The van der Waals surface area contributed by atoms with Gasteiger partial charge in [0.05, 0.1) is 11.1 Å². The van der Waals surface area contributed by atoms with Gasteiger partial charge in [0.15, 0.2) is 0 Å². The quantitative estimate of drug-likeness (QED) is 0.413. The van der Waals surface area contributed by atoms with E-state index < -0.39 is 4.92 Å². The number of aromatic nitrogens is 1. The average molecular weight is 250 g/mol. The van der Waals surface area contributed by atoms with Crippen molar-refractivity contribution in [2.45, 2.75) is 6.42 Å². The van der Waals surface area contributed by atoms with Gasteiger partial charge in [0.1, 0.15) is 5.69 Å². The number of hydrogen-bond acceptors (Lipinski definition) is 4. The molecule has 1 aliphatic heterocycles. The maximum absolute atomic E-state index is 11.7. The van der Waals surface area contributed by atoms with Crippen LogP contribution in [-0.4, -0.2) is 35.4 Å². The summed E-state index contributed by atoms with van der Waals surface area (Å²) in [5.41, 5.74) is 1.26. The second-order valence-corrected chi connectivity index (χ2v) is 4.03. The van der Waals surface area contributed by atoms with Crippen molar-refractivity contribution in [3.05, 3.63) is 39.7 Å². The van der Waals surface area contributed by atoms with Crippen molar-refractivity contribution in [1.82, 2.24) is 15.6 Å². The van der Waals surface area contributed by atoms with Gasteiger partial charge < -0.3 is 15.6 Å². The Morgan fingerprint density at radius 1 is 1.56 bits per heavy atom. The number of amides is 1. The zero-order valence-corrected chi connectivity index (χ0v) is 9.73. The summed E-state index contributed by atoms with van der Waals surface area (Å²) in [6.45, 7) is 2.21. The number of carbonyl (C=O) groups excluding carboxylic acids is 1. The fraction of sp³-hybridized carbons (Fsp3) is 0.364. The van der Waals surface area contributed by atoms with E-state index in [0.29, 0.717) is 6.54 Å². The highest BCUT2D eigenvalue weighted by Crippen LogP contribution is 2.12. The molecular weight excluding hydrogens is 236 g/mol. The zero-order chi connectivity index (χ0) is 13.0. The molecule has 0 aromatic carbocycles. The molecule has 0 fully saturated rings. The Bertz CT molecular complexity index is 492. The standard InChI is InChI=1S/C11H14N4O3/c16-11(10-5-9(7-13-10)15(17)18)14-6-8-1-3-12-4-2-8/h1,5,7,12-13H,2-4,6H2,(H,14,16). The van der Waals surface area contributed by atoms with Crippen molar-refractivity contribution >= 4 is 11.6 Å². The normalized spacial score (nSPS) is 15.0. The van der Waals surface area contributed by atoms with Gasteiger partial charge in [-0.15, -0.1) is 0 Å². The molecule has 2 rings (SSSR count). The molecule has 0 unspecified atom stereocenters. The molecule has 0 spiro atoms. The molecule has 0 saturated carbocycles. The molecule has 1 amide bonds. The largest absolute Gasteiger partial charge is 0.351 e. The zero-order valence-electron chi connectivity index (χ0n) is 9.73. The van der Waals surface area contributed by atoms with Crippen molar-refractivity contribution in [2.75, 3.05) is 19.6 Å². The minimum atomic E-state index is -0.539. The van der Waals surface area contributed by atoms with Crippen molar-refractivity contribution in [2.24, 2.45) is 0 Å². The first-order valence-electron chi connectivity index (χ1n) is 5.66. The third kappa shape index (κ3) is 2.95. The van der Waals surface area contributed by atoms with Crippen molar-refractivity contribution in [1.29, 1.82) is 0 Å². The molecule has 0 aliphatic carbocycles. The highest BCUT2D eigenvalue weighted by Gasteiger charge is 2.14. The number of nitro groups is 1. The highest BCUT2D eigenvalue weighted by atomic mass is 16.6. The predicted octanol–water partition coefficient (Wildman–Crippen LogP) is 0.572. The van der Waals surface area contributed by atoms with Crippen LogP contribution in [0, 0.1) is 10.1 Å². The van der Waals surface area contributed by atoms with E-state index in [4.69, 9.17) is 0 Å². The summed E-state index contributed by atoms with van der Waals surface area (Å²) in [6, 6.07) is 1.23. The predicted molar refractivity (Wildman–Crippen MR) is 65.4 cm³/mol. The van der Waals surface area contributed by atoms with Crippen LogP contribution < -0.4 is 10.6 Å². The summed E-state index contributed by atoms with van der Waals surface area (Å²) in [5.74, 6) is -0.331. The van der Waals surface area contributed by atoms with E-state index in [9.17, 15) is 14.9 Å². The molecule has 1 aromatic heterocycles. The SMILES string of the molecule is O=C(NCC1=CCNCC1)c1cc([N+](=O)[O-])c[nH]1. The molecule has 3 N–H and O–H groups in total. The lowest BCUT2D eigenvalue weighted by Crippen LogP contribution is -2.29. The number of nitrogens with zero attached hydrogens (tertiary/aromatic N) is 1. The Kier molecular flexibility index (Phi) is 3.73. The maximum Gasteiger partial charge on any atom is 0.287 e. The molecule has 7 heteroatoms. The van der Waals surface area contributed by atoms with Gasteiger partial charge in [-0.25, -0.2) is 0 Å². The Morgan fingerprint density at radius 3 is 3.00 bits per heavy atom. The first kappa shape index (κ1) is 12.3. The monoisotopic (exact) mass is 250 g/mol. The number of rotatable bonds is 4. The molecule has 0 atom stereocenters. The molecule has 7 nitrogen and oxygen atoms in total. The minimum Gasteiger partial charge on any atom is -0.351 e. The fourth-order valence-corrected chi connectivity index (χ4v) is 1.74. The summed E-state index contributed by atoms with van der Waals surface area (Å²) in [4.78, 5) is 24.2. The van der Waals surface area contributed by atoms with Crippen LogP contribution in [0.2, 0.25) is 0 Å². The van der Waals surface area contributed by atoms with E-state index in [1.807, 2.05) is 6.08 Å². The molecule has 1 aliphatic rings. The molecule has 0 saturated heterocycles. The van der Waals surface area contributed by atoms with Crippen molar-refractivity contribution in [3.8, 4) is 0 Å². The number of carbonyl (C=O) groups is 1. The van der Waals surface area contributed by atoms with Gasteiger partial charge in [0.25, 0.3) is 11.6 Å². The van der Waals surface area contributed by atoms with Gasteiger partial charge in [-0.3, -0.25) is 14.9 Å². The maximum atomic E-state index is 11.7. The molecule has 18 heavy (non-hydrogen) atoms. The second kappa shape index (κ2) is 5.46. The van der Waals surface area contributed by atoms with Crippen LogP contribution in [-0.2, 0) is 0 Å². The van der Waals surface area contributed by atoms with Crippen LogP contribution in [0.25, 0.3) is 0 Å². The van der Waals surface area contributed by atoms with E-state index >= 15 is 0 Å². The Balaban J connectivity index is 1.90. The topological polar surface area (TPSA) is 100 Å². The molecule has 96 valence electrons. The van der Waals surface area contributed by atoms with Gasteiger partial charge in [0.2, 0.25) is 0 Å². The van der Waals surface area contributed by atoms with Gasteiger partial charge >= 0.3 is 0 Å². The first-order chi connectivity index (χ1) is 8.66. The summed E-state index contributed by atoms with van der Waals surface area (Å²) in [6.07, 6.45) is 4.16. The number of H-pyrrole nitrogens is 1. The van der Waals surface area contributed by atoms with E-state index in [1.54, 1.807) is 0 Å². The molecule has 1 aromatic rings. The van der Waals surface area contributed by atoms with E-state index in [-0.39, 0.29) is 17.3 Å². The van der Waals surface area contributed by atoms with Crippen LogP contribution in [0.15, 0.2) is 23.9 Å². The Labute approximate surface area is 103 Å². The number of nitrogens with one attached hydrogen (secondary N) is 3. The molecule has 0 radical (unpaired) electrons. The van der Waals surface area contributed by atoms with Gasteiger partial charge in [-0.05, 0) is 13.0 Å². The third-order valence-electron chi connectivity index (χ3n) is 2.76. The van der Waals surface area contributed by atoms with Gasteiger partial charge in [-0.2, -0.15) is 0 Å². The van der Waals surface area contributed by atoms with Gasteiger partial charge in [0, 0.05) is 19.2 Å². The Morgan fingerprint density at radius 2 is 2.39 bits per heavy atom. The van der Waals surface area contributed by atoms with Gasteiger partial charge in [-0.1, -0.05) is 11.6 Å². The lowest BCUT2D eigenvalue weighted by atomic mass is 10.1. The lowest BCUT2D eigenvalue weighted by molar-refractivity contribution is -0.384.